The second-order valence-corrected chi connectivity index (χ2v) is 7.19. The molecule has 5 nitrogen and oxygen atoms in total. The van der Waals surface area contributed by atoms with E-state index in [0.717, 1.165) is 51.4 Å². The van der Waals surface area contributed by atoms with Gasteiger partial charge >= 0.3 is 0 Å². The van der Waals surface area contributed by atoms with Gasteiger partial charge in [0.25, 0.3) is 0 Å². The van der Waals surface area contributed by atoms with Gasteiger partial charge < -0.3 is 9.80 Å². The van der Waals surface area contributed by atoms with Crippen LogP contribution in [0, 0.1) is 0 Å². The van der Waals surface area contributed by atoms with Crippen LogP contribution in [0.4, 0.5) is 5.82 Å². The lowest BCUT2D eigenvalue weighted by molar-refractivity contribution is -0.133. The molecule has 1 amide bonds. The number of hydrogen-bond donors (Lipinski definition) is 0. The van der Waals surface area contributed by atoms with E-state index in [9.17, 15) is 4.79 Å². The van der Waals surface area contributed by atoms with Crippen molar-refractivity contribution < 1.29 is 4.79 Å². The van der Waals surface area contributed by atoms with Gasteiger partial charge in [0.1, 0.15) is 5.82 Å². The molecule has 136 valence electrons. The Balaban J connectivity index is 1.31. The number of carbonyl (C=O) groups excluding carboxylic acids is 1. The Morgan fingerprint density at radius 1 is 1.00 bits per heavy atom. The van der Waals surface area contributed by atoms with E-state index in [2.05, 4.69) is 37.9 Å². The number of nitrogens with zero attached hydrogens (tertiary/aromatic N) is 4. The molecule has 0 spiro atoms. The Bertz CT molecular complexity index is 709. The number of piperazine rings is 1. The number of rotatable bonds is 6. The number of aromatic nitrogens is 1. The van der Waals surface area contributed by atoms with Crippen LogP contribution in [-0.4, -0.2) is 59.5 Å². The molecule has 4 rings (SSSR count). The average molecular weight is 350 g/mol. The van der Waals surface area contributed by atoms with Crippen molar-refractivity contribution in [2.45, 2.75) is 25.4 Å². The first-order chi connectivity index (χ1) is 12.8. The lowest BCUT2D eigenvalue weighted by Gasteiger charge is -2.36. The highest BCUT2D eigenvalue weighted by Gasteiger charge is 2.33. The van der Waals surface area contributed by atoms with Crippen molar-refractivity contribution in [2.24, 2.45) is 0 Å². The minimum atomic E-state index is 0.266. The zero-order valence-electron chi connectivity index (χ0n) is 15.1. The largest absolute Gasteiger partial charge is 0.354 e. The molecule has 26 heavy (non-hydrogen) atoms. The van der Waals surface area contributed by atoms with E-state index in [1.165, 1.54) is 5.56 Å². The second-order valence-electron chi connectivity index (χ2n) is 7.19. The molecule has 1 saturated heterocycles. The van der Waals surface area contributed by atoms with E-state index in [0.29, 0.717) is 12.6 Å². The zero-order valence-corrected chi connectivity index (χ0v) is 15.1. The lowest BCUT2D eigenvalue weighted by Crippen LogP contribution is -2.50. The quantitative estimate of drug-likeness (QED) is 0.802. The summed E-state index contributed by atoms with van der Waals surface area (Å²) < 4.78 is 0. The molecule has 5 heteroatoms. The van der Waals surface area contributed by atoms with Crippen molar-refractivity contribution in [2.75, 3.05) is 37.6 Å². The number of hydrogen-bond acceptors (Lipinski definition) is 4. The molecule has 0 N–H and O–H groups in total. The van der Waals surface area contributed by atoms with Gasteiger partial charge in [-0.3, -0.25) is 9.69 Å². The molecule has 2 heterocycles. The average Bonchev–Trinajstić information content (AvgIpc) is 3.53. The topological polar surface area (TPSA) is 39.7 Å². The molecular weight excluding hydrogens is 324 g/mol. The Kier molecular flexibility index (Phi) is 5.16. The lowest BCUT2D eigenvalue weighted by atomic mass is 10.2. The van der Waals surface area contributed by atoms with Crippen LogP contribution in [-0.2, 0) is 11.3 Å². The minimum absolute atomic E-state index is 0.266. The van der Waals surface area contributed by atoms with Crippen molar-refractivity contribution in [1.82, 2.24) is 14.8 Å². The van der Waals surface area contributed by atoms with Gasteiger partial charge in [-0.05, 0) is 30.5 Å². The van der Waals surface area contributed by atoms with Crippen LogP contribution in [0.25, 0.3) is 0 Å². The smallest absolute Gasteiger partial charge is 0.237 e. The van der Waals surface area contributed by atoms with Crippen molar-refractivity contribution in [3.63, 3.8) is 0 Å². The molecule has 2 aromatic rings. The summed E-state index contributed by atoms with van der Waals surface area (Å²) in [4.78, 5) is 24.0. The molecule has 2 fully saturated rings. The number of carbonyl (C=O) groups is 1. The van der Waals surface area contributed by atoms with Crippen molar-refractivity contribution in [1.29, 1.82) is 0 Å². The SMILES string of the molecule is O=C(CN1CCN(c2ccccn2)CC1)N(Cc1ccccc1)C1CC1. The van der Waals surface area contributed by atoms with E-state index in [-0.39, 0.29) is 5.91 Å². The monoisotopic (exact) mass is 350 g/mol. The minimum Gasteiger partial charge on any atom is -0.354 e. The van der Waals surface area contributed by atoms with Crippen molar-refractivity contribution in [3.05, 3.63) is 60.3 Å². The number of pyridine rings is 1. The predicted molar refractivity (Wildman–Crippen MR) is 103 cm³/mol. The third-order valence-electron chi connectivity index (χ3n) is 5.21. The summed E-state index contributed by atoms with van der Waals surface area (Å²) in [5, 5.41) is 0. The summed E-state index contributed by atoms with van der Waals surface area (Å²) in [6.07, 6.45) is 4.13. The zero-order chi connectivity index (χ0) is 17.8. The van der Waals surface area contributed by atoms with Gasteiger partial charge in [0, 0.05) is 45.0 Å². The van der Waals surface area contributed by atoms with Crippen molar-refractivity contribution in [3.8, 4) is 0 Å². The number of anilines is 1. The normalized spacial score (nSPS) is 17.9. The maximum atomic E-state index is 12.9. The molecular formula is C21H26N4O. The fraction of sp³-hybridized carbons (Fsp3) is 0.429. The molecule has 0 bridgehead atoms. The molecule has 0 atom stereocenters. The van der Waals surface area contributed by atoms with Gasteiger partial charge in [-0.25, -0.2) is 4.98 Å². The first kappa shape index (κ1) is 17.0. The standard InChI is InChI=1S/C21H26N4O/c26-21(25(19-9-10-19)16-18-6-2-1-3-7-18)17-23-12-14-24(15-13-23)20-8-4-5-11-22-20/h1-8,11,19H,9-10,12-17H2. The fourth-order valence-electron chi connectivity index (χ4n) is 3.55. The third-order valence-corrected chi connectivity index (χ3v) is 5.21. The number of amides is 1. The van der Waals surface area contributed by atoms with Crippen molar-refractivity contribution >= 4 is 11.7 Å². The molecule has 1 saturated carbocycles. The summed E-state index contributed by atoms with van der Waals surface area (Å²) in [7, 11) is 0. The van der Waals surface area contributed by atoms with Crippen LogP contribution >= 0.6 is 0 Å². The van der Waals surface area contributed by atoms with Crippen LogP contribution in [0.1, 0.15) is 18.4 Å². The maximum absolute atomic E-state index is 12.9. The van der Waals surface area contributed by atoms with Gasteiger partial charge in [0.15, 0.2) is 0 Å². The van der Waals surface area contributed by atoms with Crippen LogP contribution in [0.5, 0.6) is 0 Å². The van der Waals surface area contributed by atoms with E-state index in [1.807, 2.05) is 36.5 Å². The van der Waals surface area contributed by atoms with E-state index >= 15 is 0 Å². The summed E-state index contributed by atoms with van der Waals surface area (Å²) in [6, 6.07) is 16.8. The summed E-state index contributed by atoms with van der Waals surface area (Å²) in [5.41, 5.74) is 1.22. The van der Waals surface area contributed by atoms with Gasteiger partial charge in [-0.15, -0.1) is 0 Å². The molecule has 2 aliphatic rings. The van der Waals surface area contributed by atoms with Gasteiger partial charge in [-0.1, -0.05) is 36.4 Å². The number of benzene rings is 1. The third kappa shape index (κ3) is 4.22. The van der Waals surface area contributed by atoms with E-state index < -0.39 is 0 Å². The summed E-state index contributed by atoms with van der Waals surface area (Å²) >= 11 is 0. The molecule has 1 aliphatic carbocycles. The predicted octanol–water partition coefficient (Wildman–Crippen LogP) is 2.39. The Morgan fingerprint density at radius 3 is 2.38 bits per heavy atom. The highest BCUT2D eigenvalue weighted by Crippen LogP contribution is 2.28. The molecule has 1 aromatic heterocycles. The first-order valence-electron chi connectivity index (χ1n) is 9.51. The summed E-state index contributed by atoms with van der Waals surface area (Å²) in [5.74, 6) is 1.30. The second kappa shape index (κ2) is 7.87. The van der Waals surface area contributed by atoms with Gasteiger partial charge in [0.2, 0.25) is 5.91 Å². The van der Waals surface area contributed by atoms with Crippen LogP contribution in [0.3, 0.4) is 0 Å². The van der Waals surface area contributed by atoms with Gasteiger partial charge in [0.05, 0.1) is 6.54 Å². The maximum Gasteiger partial charge on any atom is 0.237 e. The molecule has 1 aliphatic heterocycles. The molecule has 1 aromatic carbocycles. The summed E-state index contributed by atoms with van der Waals surface area (Å²) in [6.45, 7) is 4.93. The van der Waals surface area contributed by atoms with E-state index in [4.69, 9.17) is 0 Å². The Morgan fingerprint density at radius 2 is 1.73 bits per heavy atom. The molecule has 0 radical (unpaired) electrons. The first-order valence-corrected chi connectivity index (χ1v) is 9.51. The highest BCUT2D eigenvalue weighted by molar-refractivity contribution is 5.79. The molecule has 0 unspecified atom stereocenters. The van der Waals surface area contributed by atoms with Crippen LogP contribution in [0.15, 0.2) is 54.7 Å². The van der Waals surface area contributed by atoms with Gasteiger partial charge in [-0.2, -0.15) is 0 Å². The Labute approximate surface area is 155 Å². The fourth-order valence-corrected chi connectivity index (χ4v) is 3.55. The highest BCUT2D eigenvalue weighted by atomic mass is 16.2. The van der Waals surface area contributed by atoms with Crippen LogP contribution < -0.4 is 4.90 Å². The van der Waals surface area contributed by atoms with Crippen LogP contribution in [0.2, 0.25) is 0 Å². The Hall–Kier alpha value is -2.40. The van der Waals surface area contributed by atoms with E-state index in [1.54, 1.807) is 0 Å².